The van der Waals surface area contributed by atoms with Crippen LogP contribution >= 0.6 is 15.9 Å². The molecule has 3 heteroatoms. The van der Waals surface area contributed by atoms with Gasteiger partial charge in [-0.05, 0) is 44.0 Å². The molecule has 0 aliphatic heterocycles. The third kappa shape index (κ3) is 3.56. The molecule has 1 unspecified atom stereocenters. The van der Waals surface area contributed by atoms with Crippen LogP contribution in [0.15, 0.2) is 28.7 Å². The predicted molar refractivity (Wildman–Crippen MR) is 80.4 cm³/mol. The van der Waals surface area contributed by atoms with Crippen molar-refractivity contribution in [3.05, 3.63) is 34.3 Å². The first kappa shape index (κ1) is 14.0. The molecule has 0 saturated heterocycles. The fraction of sp³-hybridized carbons (Fsp3) is 0.600. The molecular formula is C15H23BrN2. The van der Waals surface area contributed by atoms with Gasteiger partial charge in [0.15, 0.2) is 0 Å². The van der Waals surface area contributed by atoms with E-state index in [4.69, 9.17) is 5.73 Å². The number of hydrogen-bond acceptors (Lipinski definition) is 2. The highest BCUT2D eigenvalue weighted by Crippen LogP contribution is 2.38. The zero-order chi connectivity index (χ0) is 13.2. The van der Waals surface area contributed by atoms with Gasteiger partial charge in [0, 0.05) is 23.1 Å². The van der Waals surface area contributed by atoms with Crippen LogP contribution in [-0.4, -0.2) is 24.0 Å². The van der Waals surface area contributed by atoms with Gasteiger partial charge in [-0.3, -0.25) is 4.90 Å². The van der Waals surface area contributed by atoms with E-state index in [0.29, 0.717) is 0 Å². The van der Waals surface area contributed by atoms with Crippen LogP contribution in [0.1, 0.15) is 31.7 Å². The van der Waals surface area contributed by atoms with Crippen LogP contribution in [0.5, 0.6) is 0 Å². The number of hydrogen-bond donors (Lipinski definition) is 1. The van der Waals surface area contributed by atoms with Gasteiger partial charge < -0.3 is 5.73 Å². The minimum atomic E-state index is 0.128. The van der Waals surface area contributed by atoms with Crippen molar-refractivity contribution in [2.24, 2.45) is 11.7 Å². The molecule has 18 heavy (non-hydrogen) atoms. The number of benzene rings is 1. The maximum atomic E-state index is 6.02. The van der Waals surface area contributed by atoms with E-state index in [0.717, 1.165) is 23.5 Å². The Bertz CT molecular complexity index is 403. The Balaban J connectivity index is 2.02. The lowest BCUT2D eigenvalue weighted by Gasteiger charge is -2.38. The third-order valence-corrected chi connectivity index (χ3v) is 4.59. The van der Waals surface area contributed by atoms with E-state index in [9.17, 15) is 0 Å². The van der Waals surface area contributed by atoms with Crippen molar-refractivity contribution in [2.45, 2.75) is 38.3 Å². The van der Waals surface area contributed by atoms with Crippen LogP contribution in [0, 0.1) is 5.92 Å². The summed E-state index contributed by atoms with van der Waals surface area (Å²) in [6.07, 6.45) is 4.01. The topological polar surface area (TPSA) is 29.3 Å². The number of rotatable bonds is 6. The molecule has 0 aromatic heterocycles. The Hall–Kier alpha value is -0.380. The molecule has 1 atom stereocenters. The standard InChI is InChI=1S/C15H23BrN2/c1-15(11-17,9-12-6-7-12)18(2)10-13-4-3-5-14(16)8-13/h3-5,8,12H,6-7,9-11,17H2,1-2H3. The summed E-state index contributed by atoms with van der Waals surface area (Å²) < 4.78 is 1.14. The van der Waals surface area contributed by atoms with Crippen molar-refractivity contribution in [1.82, 2.24) is 4.90 Å². The minimum Gasteiger partial charge on any atom is -0.329 e. The van der Waals surface area contributed by atoms with Crippen LogP contribution in [0.2, 0.25) is 0 Å². The molecular weight excluding hydrogens is 288 g/mol. The van der Waals surface area contributed by atoms with E-state index >= 15 is 0 Å². The van der Waals surface area contributed by atoms with Crippen molar-refractivity contribution in [1.29, 1.82) is 0 Å². The summed E-state index contributed by atoms with van der Waals surface area (Å²) in [6.45, 7) is 3.98. The van der Waals surface area contributed by atoms with Crippen LogP contribution in [0.4, 0.5) is 0 Å². The average Bonchev–Trinajstić information content (AvgIpc) is 3.12. The Kier molecular flexibility index (Phi) is 4.46. The highest BCUT2D eigenvalue weighted by atomic mass is 79.9. The second-order valence-corrected chi connectivity index (χ2v) is 6.75. The maximum absolute atomic E-state index is 6.02. The molecule has 1 aromatic carbocycles. The lowest BCUT2D eigenvalue weighted by Crippen LogP contribution is -2.49. The molecule has 1 aliphatic rings. The fourth-order valence-electron chi connectivity index (χ4n) is 2.44. The second kappa shape index (κ2) is 5.72. The maximum Gasteiger partial charge on any atom is 0.0306 e. The van der Waals surface area contributed by atoms with E-state index in [1.807, 2.05) is 0 Å². The summed E-state index contributed by atoms with van der Waals surface area (Å²) in [5, 5.41) is 0. The van der Waals surface area contributed by atoms with Crippen molar-refractivity contribution in [3.8, 4) is 0 Å². The highest BCUT2D eigenvalue weighted by Gasteiger charge is 2.35. The van der Waals surface area contributed by atoms with E-state index in [1.165, 1.54) is 24.8 Å². The Morgan fingerprint density at radius 1 is 1.44 bits per heavy atom. The van der Waals surface area contributed by atoms with Crippen LogP contribution in [0.3, 0.4) is 0 Å². The van der Waals surface area contributed by atoms with Crippen molar-refractivity contribution in [3.63, 3.8) is 0 Å². The van der Waals surface area contributed by atoms with E-state index in [1.54, 1.807) is 0 Å². The quantitative estimate of drug-likeness (QED) is 0.872. The Morgan fingerprint density at radius 2 is 2.17 bits per heavy atom. The van der Waals surface area contributed by atoms with Crippen molar-refractivity contribution in [2.75, 3.05) is 13.6 Å². The fourth-order valence-corrected chi connectivity index (χ4v) is 2.89. The Morgan fingerprint density at radius 3 is 2.72 bits per heavy atom. The lowest BCUT2D eigenvalue weighted by molar-refractivity contribution is 0.119. The normalized spacial score (nSPS) is 18.9. The minimum absolute atomic E-state index is 0.128. The molecule has 0 radical (unpaired) electrons. The van der Waals surface area contributed by atoms with Gasteiger partial charge in [-0.2, -0.15) is 0 Å². The smallest absolute Gasteiger partial charge is 0.0306 e. The van der Waals surface area contributed by atoms with Crippen molar-refractivity contribution >= 4 is 15.9 Å². The predicted octanol–water partition coefficient (Wildman–Crippen LogP) is 3.40. The van der Waals surface area contributed by atoms with Crippen LogP contribution < -0.4 is 5.73 Å². The molecule has 0 heterocycles. The van der Waals surface area contributed by atoms with E-state index in [2.05, 4.69) is 59.1 Å². The molecule has 1 aromatic rings. The molecule has 0 bridgehead atoms. The van der Waals surface area contributed by atoms with E-state index < -0.39 is 0 Å². The van der Waals surface area contributed by atoms with Gasteiger partial charge in [0.25, 0.3) is 0 Å². The highest BCUT2D eigenvalue weighted by molar-refractivity contribution is 9.10. The van der Waals surface area contributed by atoms with Gasteiger partial charge in [0.05, 0.1) is 0 Å². The summed E-state index contributed by atoms with van der Waals surface area (Å²) in [7, 11) is 2.19. The summed E-state index contributed by atoms with van der Waals surface area (Å²) >= 11 is 3.53. The first-order valence-corrected chi connectivity index (χ1v) is 7.48. The van der Waals surface area contributed by atoms with Gasteiger partial charge in [-0.15, -0.1) is 0 Å². The summed E-state index contributed by atoms with van der Waals surface area (Å²) in [6, 6.07) is 8.52. The molecule has 2 nitrogen and oxygen atoms in total. The van der Waals surface area contributed by atoms with Gasteiger partial charge in [0.2, 0.25) is 0 Å². The second-order valence-electron chi connectivity index (χ2n) is 5.83. The molecule has 0 amide bonds. The summed E-state index contributed by atoms with van der Waals surface area (Å²) in [5.74, 6) is 0.906. The largest absolute Gasteiger partial charge is 0.329 e. The zero-order valence-corrected chi connectivity index (χ0v) is 12.9. The summed E-state index contributed by atoms with van der Waals surface area (Å²) in [4.78, 5) is 2.41. The average molecular weight is 311 g/mol. The first-order chi connectivity index (χ1) is 8.53. The van der Waals surface area contributed by atoms with Gasteiger partial charge in [0.1, 0.15) is 0 Å². The zero-order valence-electron chi connectivity index (χ0n) is 11.3. The first-order valence-electron chi connectivity index (χ1n) is 6.69. The monoisotopic (exact) mass is 310 g/mol. The van der Waals surface area contributed by atoms with Gasteiger partial charge in [-0.1, -0.05) is 40.9 Å². The van der Waals surface area contributed by atoms with Gasteiger partial charge in [-0.25, -0.2) is 0 Å². The molecule has 2 N–H and O–H groups in total. The van der Waals surface area contributed by atoms with Crippen molar-refractivity contribution < 1.29 is 0 Å². The van der Waals surface area contributed by atoms with Gasteiger partial charge >= 0.3 is 0 Å². The van der Waals surface area contributed by atoms with Crippen LogP contribution in [-0.2, 0) is 6.54 Å². The SMILES string of the molecule is CN(Cc1cccc(Br)c1)C(C)(CN)CC1CC1. The number of halogens is 1. The number of nitrogens with zero attached hydrogens (tertiary/aromatic N) is 1. The molecule has 2 rings (SSSR count). The Labute approximate surface area is 119 Å². The lowest BCUT2D eigenvalue weighted by atomic mass is 9.92. The third-order valence-electron chi connectivity index (χ3n) is 4.10. The van der Waals surface area contributed by atoms with E-state index in [-0.39, 0.29) is 5.54 Å². The number of nitrogens with two attached hydrogens (primary N) is 1. The molecule has 1 aliphatic carbocycles. The summed E-state index contributed by atoms with van der Waals surface area (Å²) in [5.41, 5.74) is 7.48. The molecule has 1 fully saturated rings. The molecule has 1 saturated carbocycles. The van der Waals surface area contributed by atoms with Crippen LogP contribution in [0.25, 0.3) is 0 Å². The number of likely N-dealkylation sites (N-methyl/N-ethyl adjacent to an activating group) is 1. The molecule has 100 valence electrons. The molecule has 0 spiro atoms.